The van der Waals surface area contributed by atoms with Crippen LogP contribution in [-0.2, 0) is 0 Å². The van der Waals surface area contributed by atoms with Crippen molar-refractivity contribution in [3.63, 3.8) is 0 Å². The van der Waals surface area contributed by atoms with Crippen molar-refractivity contribution in [2.75, 3.05) is 10.6 Å². The molecule has 0 saturated heterocycles. The quantitative estimate of drug-likeness (QED) is 0.760. The number of anilines is 2. The summed E-state index contributed by atoms with van der Waals surface area (Å²) in [5, 5.41) is 5.13. The van der Waals surface area contributed by atoms with E-state index < -0.39 is 6.03 Å². The number of rotatable bonds is 2. The van der Waals surface area contributed by atoms with E-state index >= 15 is 0 Å². The normalized spacial score (nSPS) is 10.1. The Hall–Kier alpha value is -1.70. The molecule has 0 heterocycles. The molecule has 0 radical (unpaired) electrons. The van der Waals surface area contributed by atoms with Crippen LogP contribution in [0.2, 0.25) is 0 Å². The van der Waals surface area contributed by atoms with Crippen LogP contribution in [0.1, 0.15) is 0 Å². The zero-order chi connectivity index (χ0) is 13.8. The Morgan fingerprint density at radius 2 is 1.58 bits per heavy atom. The summed E-state index contributed by atoms with van der Waals surface area (Å²) in [5.74, 6) is -0.743. The highest BCUT2D eigenvalue weighted by atomic mass is 127. The van der Waals surface area contributed by atoms with Gasteiger partial charge < -0.3 is 10.6 Å². The van der Waals surface area contributed by atoms with E-state index in [1.807, 2.05) is 22.6 Å². The predicted octanol–water partition coefficient (Wildman–Crippen LogP) is 4.21. The van der Waals surface area contributed by atoms with Gasteiger partial charge in [0.25, 0.3) is 0 Å². The van der Waals surface area contributed by atoms with E-state index in [9.17, 15) is 13.6 Å². The van der Waals surface area contributed by atoms with Crippen LogP contribution in [0.5, 0.6) is 0 Å². The van der Waals surface area contributed by atoms with E-state index in [4.69, 9.17) is 0 Å². The predicted molar refractivity (Wildman–Crippen MR) is 78.2 cm³/mol. The Kier molecular flexibility index (Phi) is 4.31. The smallest absolute Gasteiger partial charge is 0.308 e. The van der Waals surface area contributed by atoms with Gasteiger partial charge in [0.05, 0.1) is 5.69 Å². The number of hydrogen-bond acceptors (Lipinski definition) is 1. The highest BCUT2D eigenvalue weighted by molar-refractivity contribution is 14.1. The fourth-order valence-electron chi connectivity index (χ4n) is 1.41. The Balaban J connectivity index is 2.03. The standard InChI is InChI=1S/C13H9F2IN2O/c14-8-1-4-10(5-2-8)17-13(19)18-12-6-3-9(15)7-11(12)16/h1-7H,(H2,17,18,19). The summed E-state index contributed by atoms with van der Waals surface area (Å²) >= 11 is 1.92. The molecule has 0 bridgehead atoms. The van der Waals surface area contributed by atoms with E-state index in [0.717, 1.165) is 0 Å². The average Bonchev–Trinajstić information content (AvgIpc) is 2.36. The lowest BCUT2D eigenvalue weighted by Gasteiger charge is -2.09. The largest absolute Gasteiger partial charge is 0.323 e. The number of nitrogens with one attached hydrogen (secondary N) is 2. The summed E-state index contributed by atoms with van der Waals surface area (Å²) in [6.07, 6.45) is 0. The summed E-state index contributed by atoms with van der Waals surface area (Å²) in [7, 11) is 0. The first-order valence-corrected chi connectivity index (χ1v) is 6.41. The minimum Gasteiger partial charge on any atom is -0.308 e. The Morgan fingerprint density at radius 1 is 0.947 bits per heavy atom. The molecule has 0 atom stereocenters. The van der Waals surface area contributed by atoms with Crippen molar-refractivity contribution in [3.8, 4) is 0 Å². The SMILES string of the molecule is O=C(Nc1ccc(F)cc1)Nc1ccc(F)cc1I. The third-order valence-corrected chi connectivity index (χ3v) is 3.17. The van der Waals surface area contributed by atoms with Crippen molar-refractivity contribution >= 4 is 40.0 Å². The Labute approximate surface area is 122 Å². The molecule has 98 valence electrons. The molecular formula is C13H9F2IN2O. The topological polar surface area (TPSA) is 41.1 Å². The van der Waals surface area contributed by atoms with Gasteiger partial charge in [-0.05, 0) is 65.1 Å². The average molecular weight is 374 g/mol. The van der Waals surface area contributed by atoms with E-state index in [0.29, 0.717) is 14.9 Å². The first-order chi connectivity index (χ1) is 9.04. The third kappa shape index (κ3) is 3.88. The summed E-state index contributed by atoms with van der Waals surface area (Å²) in [5.41, 5.74) is 0.970. The second-order valence-electron chi connectivity index (χ2n) is 3.71. The van der Waals surface area contributed by atoms with Crippen LogP contribution in [0.4, 0.5) is 25.0 Å². The molecule has 2 N–H and O–H groups in total. The summed E-state index contributed by atoms with van der Waals surface area (Å²) < 4.78 is 26.2. The van der Waals surface area contributed by atoms with Crippen molar-refractivity contribution < 1.29 is 13.6 Å². The second-order valence-corrected chi connectivity index (χ2v) is 4.87. The summed E-state index contributed by atoms with van der Waals surface area (Å²) in [6, 6.07) is 8.96. The van der Waals surface area contributed by atoms with E-state index in [1.165, 1.54) is 42.5 Å². The van der Waals surface area contributed by atoms with Crippen molar-refractivity contribution in [2.45, 2.75) is 0 Å². The molecule has 0 unspecified atom stereocenters. The number of carbonyl (C=O) groups excluding carboxylic acids is 1. The van der Waals surface area contributed by atoms with Crippen molar-refractivity contribution in [1.29, 1.82) is 0 Å². The van der Waals surface area contributed by atoms with Gasteiger partial charge in [0, 0.05) is 9.26 Å². The van der Waals surface area contributed by atoms with E-state index in [2.05, 4.69) is 10.6 Å². The molecule has 2 aromatic carbocycles. The maximum Gasteiger partial charge on any atom is 0.323 e. The van der Waals surface area contributed by atoms with E-state index in [1.54, 1.807) is 0 Å². The van der Waals surface area contributed by atoms with Crippen molar-refractivity contribution in [3.05, 3.63) is 57.7 Å². The molecule has 6 heteroatoms. The van der Waals surface area contributed by atoms with Crippen molar-refractivity contribution in [2.24, 2.45) is 0 Å². The maximum absolute atomic E-state index is 12.9. The number of hydrogen-bond donors (Lipinski definition) is 2. The van der Waals surface area contributed by atoms with Gasteiger partial charge in [0.15, 0.2) is 0 Å². The zero-order valence-corrected chi connectivity index (χ0v) is 11.7. The molecule has 2 rings (SSSR count). The zero-order valence-electron chi connectivity index (χ0n) is 9.58. The van der Waals surface area contributed by atoms with Gasteiger partial charge in [-0.2, -0.15) is 0 Å². The number of halogens is 3. The van der Waals surface area contributed by atoms with Crippen LogP contribution in [0.15, 0.2) is 42.5 Å². The van der Waals surface area contributed by atoms with Gasteiger partial charge in [-0.15, -0.1) is 0 Å². The molecule has 0 aliphatic carbocycles. The lowest BCUT2D eigenvalue weighted by Crippen LogP contribution is -2.20. The molecule has 0 aliphatic heterocycles. The molecule has 3 nitrogen and oxygen atoms in total. The van der Waals surface area contributed by atoms with Crippen LogP contribution in [0, 0.1) is 15.2 Å². The molecule has 0 aliphatic rings. The van der Waals surface area contributed by atoms with Crippen LogP contribution >= 0.6 is 22.6 Å². The second kappa shape index (κ2) is 5.96. The minimum atomic E-state index is -0.476. The fourth-order valence-corrected chi connectivity index (χ4v) is 2.02. The van der Waals surface area contributed by atoms with E-state index in [-0.39, 0.29) is 11.6 Å². The van der Waals surface area contributed by atoms with Crippen LogP contribution in [0.3, 0.4) is 0 Å². The number of amides is 2. The Bertz CT molecular complexity index is 602. The molecule has 19 heavy (non-hydrogen) atoms. The number of urea groups is 1. The fraction of sp³-hybridized carbons (Fsp3) is 0. The molecule has 0 saturated carbocycles. The molecule has 2 amide bonds. The maximum atomic E-state index is 12.9. The van der Waals surface area contributed by atoms with Crippen LogP contribution in [-0.4, -0.2) is 6.03 Å². The van der Waals surface area contributed by atoms with Gasteiger partial charge in [-0.3, -0.25) is 0 Å². The first kappa shape index (κ1) is 13.7. The highest BCUT2D eigenvalue weighted by Gasteiger charge is 2.06. The Morgan fingerprint density at radius 3 is 2.21 bits per heavy atom. The number of benzene rings is 2. The molecular weight excluding hydrogens is 365 g/mol. The minimum absolute atomic E-state index is 0.367. The molecule has 0 fully saturated rings. The van der Waals surface area contributed by atoms with Gasteiger partial charge in [0.1, 0.15) is 11.6 Å². The monoisotopic (exact) mass is 374 g/mol. The van der Waals surface area contributed by atoms with Crippen molar-refractivity contribution in [1.82, 2.24) is 0 Å². The van der Waals surface area contributed by atoms with Gasteiger partial charge in [-0.1, -0.05) is 0 Å². The number of carbonyl (C=O) groups is 1. The van der Waals surface area contributed by atoms with Crippen LogP contribution in [0.25, 0.3) is 0 Å². The summed E-state index contributed by atoms with van der Waals surface area (Å²) in [4.78, 5) is 11.7. The lowest BCUT2D eigenvalue weighted by molar-refractivity contribution is 0.262. The molecule has 0 aromatic heterocycles. The summed E-state index contributed by atoms with van der Waals surface area (Å²) in [6.45, 7) is 0. The highest BCUT2D eigenvalue weighted by Crippen LogP contribution is 2.19. The first-order valence-electron chi connectivity index (χ1n) is 5.33. The van der Waals surface area contributed by atoms with Crippen LogP contribution < -0.4 is 10.6 Å². The lowest BCUT2D eigenvalue weighted by atomic mass is 10.3. The molecule has 2 aromatic rings. The van der Waals surface area contributed by atoms with Gasteiger partial charge in [-0.25, -0.2) is 13.6 Å². The van der Waals surface area contributed by atoms with Gasteiger partial charge in [0.2, 0.25) is 0 Å². The molecule has 0 spiro atoms. The third-order valence-electron chi connectivity index (χ3n) is 2.28. The van der Waals surface area contributed by atoms with Gasteiger partial charge >= 0.3 is 6.03 Å².